The molecular formula is C51H68ClN3O8SSi2. The second kappa shape index (κ2) is 22.2. The molecule has 1 fully saturated rings. The maximum atomic E-state index is 15.5. The quantitative estimate of drug-likeness (QED) is 0.0640. The zero-order chi connectivity index (χ0) is 47.7. The highest BCUT2D eigenvalue weighted by Crippen LogP contribution is 2.39. The lowest BCUT2D eigenvalue weighted by Gasteiger charge is -2.44. The zero-order valence-electron chi connectivity index (χ0n) is 39.8. The lowest BCUT2D eigenvalue weighted by Crippen LogP contribution is -2.59. The molecule has 66 heavy (non-hydrogen) atoms. The molecule has 1 aliphatic rings. The number of carbonyl (C=O) groups excluding carboxylic acids is 1. The summed E-state index contributed by atoms with van der Waals surface area (Å²) in [7, 11) is -8.13. The number of oxazole rings is 1. The molecule has 0 saturated carbocycles. The molecule has 0 bridgehead atoms. The van der Waals surface area contributed by atoms with Crippen molar-refractivity contribution in [2.24, 2.45) is 0 Å². The van der Waals surface area contributed by atoms with Crippen LogP contribution in [0.25, 0.3) is 22.6 Å². The molecule has 0 unspecified atom stereocenters. The van der Waals surface area contributed by atoms with Crippen LogP contribution in [0.5, 0.6) is 5.75 Å². The second-order valence-electron chi connectivity index (χ2n) is 20.1. The van der Waals surface area contributed by atoms with Gasteiger partial charge in [0.25, 0.3) is 0 Å². The van der Waals surface area contributed by atoms with Crippen molar-refractivity contribution in [2.45, 2.75) is 121 Å². The van der Waals surface area contributed by atoms with Crippen molar-refractivity contribution in [1.29, 1.82) is 0 Å². The average molecular weight is 975 g/mol. The highest BCUT2D eigenvalue weighted by molar-refractivity contribution is 7.89. The SMILES string of the molecule is CC(C)(C)[Si](C)(C)O[C@@H]1CN(C(=O)[C@H](CCCn2c(-c3ccccc3)c(-c3ccccc3)oc2=O)NS(=O)(=O)CC[Si](C)(C)C)[C@@H](Cc2ccc(OCc3ccccc3)cc2)COC[C@@H]1Cl. The first kappa shape index (κ1) is 51.1. The van der Waals surface area contributed by atoms with E-state index in [0.29, 0.717) is 36.3 Å². The molecule has 4 atom stereocenters. The Balaban J connectivity index is 1.34. The smallest absolute Gasteiger partial charge is 0.419 e. The molecule has 0 spiro atoms. The van der Waals surface area contributed by atoms with Crippen LogP contribution in [0.2, 0.25) is 43.8 Å². The van der Waals surface area contributed by atoms with Crippen molar-refractivity contribution in [1.82, 2.24) is 14.2 Å². The van der Waals surface area contributed by atoms with Gasteiger partial charge in [-0.1, -0.05) is 144 Å². The van der Waals surface area contributed by atoms with Gasteiger partial charge in [-0.25, -0.2) is 17.9 Å². The maximum Gasteiger partial charge on any atom is 0.419 e. The summed E-state index contributed by atoms with van der Waals surface area (Å²) in [6.07, 6.45) is 0.216. The number of halogens is 1. The van der Waals surface area contributed by atoms with Crippen LogP contribution in [-0.2, 0) is 43.6 Å². The number of rotatable bonds is 19. The van der Waals surface area contributed by atoms with Gasteiger partial charge in [-0.3, -0.25) is 9.36 Å². The van der Waals surface area contributed by atoms with Gasteiger partial charge in [0.1, 0.15) is 18.4 Å². The van der Waals surface area contributed by atoms with Crippen LogP contribution in [0, 0.1) is 0 Å². The van der Waals surface area contributed by atoms with Crippen LogP contribution in [0.15, 0.2) is 124 Å². The van der Waals surface area contributed by atoms with E-state index < -0.39 is 61.6 Å². The van der Waals surface area contributed by atoms with Crippen molar-refractivity contribution in [3.8, 4) is 28.3 Å². The van der Waals surface area contributed by atoms with Gasteiger partial charge in [-0.15, -0.1) is 11.6 Å². The minimum Gasteiger partial charge on any atom is -0.489 e. The van der Waals surface area contributed by atoms with E-state index in [-0.39, 0.29) is 49.9 Å². The van der Waals surface area contributed by atoms with E-state index in [1.54, 1.807) is 9.47 Å². The first-order chi connectivity index (χ1) is 31.2. The Hall–Kier alpha value is -4.29. The van der Waals surface area contributed by atoms with E-state index in [0.717, 1.165) is 22.3 Å². The van der Waals surface area contributed by atoms with Crippen molar-refractivity contribution in [3.63, 3.8) is 0 Å². The first-order valence-corrected chi connectivity index (χ1v) is 31.7. The molecule has 0 aliphatic carbocycles. The Morgan fingerprint density at radius 2 is 1.45 bits per heavy atom. The summed E-state index contributed by atoms with van der Waals surface area (Å²) < 4.78 is 57.8. The summed E-state index contributed by atoms with van der Waals surface area (Å²) in [5.41, 5.74) is 4.17. The number of hydrogen-bond acceptors (Lipinski definition) is 8. The number of nitrogens with one attached hydrogen (secondary N) is 1. The van der Waals surface area contributed by atoms with E-state index in [4.69, 9.17) is 29.9 Å². The van der Waals surface area contributed by atoms with Crippen LogP contribution in [-0.4, -0.2) is 89.3 Å². The molecule has 1 aromatic heterocycles. The minimum atomic E-state index is -3.92. The molecule has 0 radical (unpaired) electrons. The topological polar surface area (TPSA) is 129 Å². The number of alkyl halides is 1. The fourth-order valence-corrected chi connectivity index (χ4v) is 13.6. The minimum absolute atomic E-state index is 0.0988. The van der Waals surface area contributed by atoms with Crippen LogP contribution < -0.4 is 15.2 Å². The van der Waals surface area contributed by atoms with Crippen LogP contribution in [0.1, 0.15) is 44.7 Å². The molecule has 5 aromatic rings. The third-order valence-corrected chi connectivity index (χ3v) is 21.0. The molecule has 1 N–H and O–H groups in total. The van der Waals surface area contributed by atoms with Crippen molar-refractivity contribution < 1.29 is 31.5 Å². The average Bonchev–Trinajstić information content (AvgIpc) is 3.61. The van der Waals surface area contributed by atoms with E-state index in [2.05, 4.69) is 58.2 Å². The Bertz CT molecular complexity index is 2490. The van der Waals surface area contributed by atoms with E-state index in [1.165, 1.54) is 0 Å². The molecule has 6 rings (SSSR count). The summed E-state index contributed by atoms with van der Waals surface area (Å²) in [6.45, 7) is 18.3. The fourth-order valence-electron chi connectivity index (χ4n) is 7.69. The highest BCUT2D eigenvalue weighted by atomic mass is 35.5. The summed E-state index contributed by atoms with van der Waals surface area (Å²) in [4.78, 5) is 30.9. The van der Waals surface area contributed by atoms with Crippen LogP contribution in [0.4, 0.5) is 0 Å². The molecule has 1 aliphatic heterocycles. The number of nitrogens with zero attached hydrogens (tertiary/aromatic N) is 2. The van der Waals surface area contributed by atoms with Gasteiger partial charge in [-0.2, -0.15) is 0 Å². The predicted octanol–water partition coefficient (Wildman–Crippen LogP) is 10.2. The number of amides is 1. The molecule has 4 aromatic carbocycles. The predicted molar refractivity (Wildman–Crippen MR) is 271 cm³/mol. The third kappa shape index (κ3) is 14.1. The molecule has 1 saturated heterocycles. The largest absolute Gasteiger partial charge is 0.489 e. The molecule has 356 valence electrons. The fraction of sp³-hybridized carbons (Fsp3) is 0.451. The monoisotopic (exact) mass is 973 g/mol. The standard InChI is InChI=1S/C51H68ClN3O8SSi2/c1-51(2,3)66(7,8)63-46-34-55(42(36-60-37-44(46)52)33-38-26-28-43(29-27-38)61-35-39-19-12-9-13-20-39)49(56)45(53-64(58,59)31-32-65(4,5)6)25-18-30-54-47(40-21-14-10-15-22-40)48(62-50(54)57)41-23-16-11-17-24-41/h9-17,19-24,26-29,42,44-46,53H,18,25,30-37H2,1-8H3/t42-,44-,45-,46+/m0/s1. The summed E-state index contributed by atoms with van der Waals surface area (Å²) >= 11 is 7.10. The first-order valence-electron chi connectivity index (χ1n) is 23.0. The van der Waals surface area contributed by atoms with Gasteiger partial charge in [0.2, 0.25) is 15.9 Å². The van der Waals surface area contributed by atoms with Gasteiger partial charge >= 0.3 is 5.76 Å². The summed E-state index contributed by atoms with van der Waals surface area (Å²) in [6, 6.07) is 35.7. The number of carbonyl (C=O) groups is 1. The Morgan fingerprint density at radius 1 is 0.848 bits per heavy atom. The lowest BCUT2D eigenvalue weighted by molar-refractivity contribution is -0.140. The summed E-state index contributed by atoms with van der Waals surface area (Å²) in [5.74, 6) is 0.119. The Labute approximate surface area is 399 Å². The number of hydrogen-bond donors (Lipinski definition) is 1. The van der Waals surface area contributed by atoms with Gasteiger partial charge in [0.05, 0.1) is 42.2 Å². The zero-order valence-corrected chi connectivity index (χ0v) is 43.4. The molecule has 11 nitrogen and oxygen atoms in total. The Morgan fingerprint density at radius 3 is 2.06 bits per heavy atom. The van der Waals surface area contributed by atoms with Crippen LogP contribution >= 0.6 is 11.6 Å². The normalized spacial score (nSPS) is 18.1. The number of benzene rings is 4. The van der Waals surface area contributed by atoms with Gasteiger partial charge in [-0.05, 0) is 66.7 Å². The van der Waals surface area contributed by atoms with E-state index in [1.807, 2.05) is 115 Å². The second-order valence-corrected chi connectivity index (χ2v) is 32.9. The lowest BCUT2D eigenvalue weighted by atomic mass is 10.0. The van der Waals surface area contributed by atoms with Gasteiger partial charge < -0.3 is 23.2 Å². The number of ether oxygens (including phenoxy) is 2. The molecule has 2 heterocycles. The maximum absolute atomic E-state index is 15.5. The molecular weight excluding hydrogens is 906 g/mol. The van der Waals surface area contributed by atoms with Crippen molar-refractivity contribution in [2.75, 3.05) is 25.5 Å². The van der Waals surface area contributed by atoms with E-state index in [9.17, 15) is 13.2 Å². The van der Waals surface area contributed by atoms with Crippen molar-refractivity contribution in [3.05, 3.63) is 137 Å². The third-order valence-electron chi connectivity index (χ3n) is 12.6. The number of sulfonamides is 1. The van der Waals surface area contributed by atoms with Crippen LogP contribution in [0.3, 0.4) is 0 Å². The molecule has 15 heteroatoms. The summed E-state index contributed by atoms with van der Waals surface area (Å²) in [5, 5.41) is -0.712. The van der Waals surface area contributed by atoms with Gasteiger partial charge in [0.15, 0.2) is 14.1 Å². The van der Waals surface area contributed by atoms with Crippen molar-refractivity contribution >= 4 is 43.9 Å². The molecule has 1 amide bonds. The number of aromatic nitrogens is 1. The van der Waals surface area contributed by atoms with E-state index >= 15 is 4.79 Å². The Kier molecular flexibility index (Phi) is 17.2. The van der Waals surface area contributed by atoms with Gasteiger partial charge in [0, 0.05) is 32.3 Å². The highest BCUT2D eigenvalue weighted by Gasteiger charge is 2.44.